The highest BCUT2D eigenvalue weighted by atomic mass is 16.6. The van der Waals surface area contributed by atoms with Crippen LogP contribution in [-0.2, 0) is 13.1 Å². The lowest BCUT2D eigenvalue weighted by Gasteiger charge is -2.06. The summed E-state index contributed by atoms with van der Waals surface area (Å²) in [5, 5.41) is 23.3. The van der Waals surface area contributed by atoms with E-state index in [9.17, 15) is 15.2 Å². The van der Waals surface area contributed by atoms with Gasteiger partial charge in [0.15, 0.2) is 0 Å². The van der Waals surface area contributed by atoms with E-state index >= 15 is 0 Å². The van der Waals surface area contributed by atoms with Crippen LogP contribution in [0.15, 0.2) is 48.5 Å². The van der Waals surface area contributed by atoms with E-state index in [1.54, 1.807) is 24.3 Å². The maximum Gasteiger partial charge on any atom is 0.269 e. The number of non-ortho nitro benzene ring substituents is 1. The van der Waals surface area contributed by atoms with Crippen molar-refractivity contribution in [3.05, 3.63) is 69.8 Å². The van der Waals surface area contributed by atoms with Gasteiger partial charge in [-0.05, 0) is 11.6 Å². The molecule has 0 aliphatic heterocycles. The summed E-state index contributed by atoms with van der Waals surface area (Å²) in [4.78, 5) is 10.1. The summed E-state index contributed by atoms with van der Waals surface area (Å²) >= 11 is 0. The van der Waals surface area contributed by atoms with E-state index in [0.717, 1.165) is 11.1 Å². The van der Waals surface area contributed by atoms with E-state index in [0.29, 0.717) is 13.1 Å². The quantitative estimate of drug-likeness (QED) is 0.638. The molecule has 0 atom stereocenters. The predicted octanol–water partition coefficient (Wildman–Crippen LogP) is 2.59. The number of hydrogen-bond acceptors (Lipinski definition) is 4. The van der Waals surface area contributed by atoms with Gasteiger partial charge in [-0.2, -0.15) is 0 Å². The molecule has 2 aromatic rings. The predicted molar refractivity (Wildman–Crippen MR) is 71.7 cm³/mol. The Morgan fingerprint density at radius 3 is 2.37 bits per heavy atom. The molecular formula is C14H14N2O3. The van der Waals surface area contributed by atoms with Crippen LogP contribution in [0.25, 0.3) is 0 Å². The first kappa shape index (κ1) is 13.0. The molecule has 0 saturated carbocycles. The third-order valence-corrected chi connectivity index (χ3v) is 2.78. The number of nitrogens with zero attached hydrogens (tertiary/aromatic N) is 1. The van der Waals surface area contributed by atoms with Crippen LogP contribution in [-0.4, -0.2) is 10.0 Å². The van der Waals surface area contributed by atoms with Gasteiger partial charge in [0.25, 0.3) is 5.69 Å². The minimum absolute atomic E-state index is 0.0875. The van der Waals surface area contributed by atoms with Crippen LogP contribution in [0.2, 0.25) is 0 Å². The van der Waals surface area contributed by atoms with Crippen molar-refractivity contribution in [3.63, 3.8) is 0 Å². The van der Waals surface area contributed by atoms with Crippen molar-refractivity contribution in [2.24, 2.45) is 0 Å². The molecule has 0 aliphatic carbocycles. The third kappa shape index (κ3) is 3.53. The van der Waals surface area contributed by atoms with E-state index in [-0.39, 0.29) is 11.4 Å². The van der Waals surface area contributed by atoms with Crippen molar-refractivity contribution in [3.8, 4) is 5.75 Å². The fourth-order valence-corrected chi connectivity index (χ4v) is 1.74. The highest BCUT2D eigenvalue weighted by Crippen LogP contribution is 2.15. The van der Waals surface area contributed by atoms with Crippen LogP contribution >= 0.6 is 0 Å². The van der Waals surface area contributed by atoms with Gasteiger partial charge in [-0.3, -0.25) is 10.1 Å². The topological polar surface area (TPSA) is 75.4 Å². The Kier molecular flexibility index (Phi) is 4.10. The lowest BCUT2D eigenvalue weighted by molar-refractivity contribution is -0.384. The smallest absolute Gasteiger partial charge is 0.269 e. The molecule has 2 N–H and O–H groups in total. The van der Waals surface area contributed by atoms with Crippen LogP contribution in [0.3, 0.4) is 0 Å². The van der Waals surface area contributed by atoms with E-state index in [2.05, 4.69) is 5.32 Å². The number of rotatable bonds is 5. The Bertz CT molecular complexity index is 567. The molecule has 0 heterocycles. The minimum atomic E-state index is -0.417. The van der Waals surface area contributed by atoms with E-state index in [1.807, 2.05) is 12.1 Å². The number of benzene rings is 2. The lowest BCUT2D eigenvalue weighted by Crippen LogP contribution is -2.12. The summed E-state index contributed by atoms with van der Waals surface area (Å²) in [6.45, 7) is 1.13. The molecule has 0 unspecified atom stereocenters. The zero-order valence-electron chi connectivity index (χ0n) is 10.2. The molecule has 2 rings (SSSR count). The first-order chi connectivity index (χ1) is 9.16. The van der Waals surface area contributed by atoms with Gasteiger partial charge < -0.3 is 10.4 Å². The molecule has 2 aromatic carbocycles. The van der Waals surface area contributed by atoms with Gasteiger partial charge in [0.1, 0.15) is 5.75 Å². The molecule has 0 bridgehead atoms. The fraction of sp³-hybridized carbons (Fsp3) is 0.143. The maximum absolute atomic E-state index is 10.5. The van der Waals surface area contributed by atoms with Crippen LogP contribution in [0.5, 0.6) is 5.75 Å². The molecule has 0 saturated heterocycles. The summed E-state index contributed by atoms with van der Waals surface area (Å²) < 4.78 is 0. The average Bonchev–Trinajstić information content (AvgIpc) is 2.41. The SMILES string of the molecule is O=[N+]([O-])c1ccc(CNCc2ccccc2O)cc1. The zero-order valence-corrected chi connectivity index (χ0v) is 10.2. The molecule has 19 heavy (non-hydrogen) atoms. The Hall–Kier alpha value is -2.40. The Morgan fingerprint density at radius 1 is 1.05 bits per heavy atom. The second-order valence-electron chi connectivity index (χ2n) is 4.16. The molecule has 0 spiro atoms. The molecule has 5 nitrogen and oxygen atoms in total. The number of hydrogen-bond donors (Lipinski definition) is 2. The summed E-state index contributed by atoms with van der Waals surface area (Å²) in [5.74, 6) is 0.263. The molecule has 0 radical (unpaired) electrons. The van der Waals surface area contributed by atoms with Crippen molar-refractivity contribution in [1.82, 2.24) is 5.32 Å². The van der Waals surface area contributed by atoms with Gasteiger partial charge in [0, 0.05) is 30.8 Å². The Labute approximate surface area is 110 Å². The average molecular weight is 258 g/mol. The molecule has 98 valence electrons. The lowest BCUT2D eigenvalue weighted by atomic mass is 10.2. The van der Waals surface area contributed by atoms with Gasteiger partial charge >= 0.3 is 0 Å². The number of phenols is 1. The van der Waals surface area contributed by atoms with Crippen molar-refractivity contribution in [2.75, 3.05) is 0 Å². The largest absolute Gasteiger partial charge is 0.508 e. The molecule has 0 aliphatic rings. The van der Waals surface area contributed by atoms with Crippen LogP contribution < -0.4 is 5.32 Å². The van der Waals surface area contributed by atoms with Crippen LogP contribution in [0.1, 0.15) is 11.1 Å². The summed E-state index contributed by atoms with van der Waals surface area (Å²) in [5.41, 5.74) is 1.87. The maximum atomic E-state index is 10.5. The number of nitro benzene ring substituents is 1. The highest BCUT2D eigenvalue weighted by molar-refractivity contribution is 5.33. The van der Waals surface area contributed by atoms with Gasteiger partial charge in [0.05, 0.1) is 4.92 Å². The van der Waals surface area contributed by atoms with E-state index in [4.69, 9.17) is 0 Å². The highest BCUT2D eigenvalue weighted by Gasteiger charge is 2.04. The Morgan fingerprint density at radius 2 is 1.74 bits per heavy atom. The zero-order chi connectivity index (χ0) is 13.7. The van der Waals surface area contributed by atoms with Crippen molar-refractivity contribution >= 4 is 5.69 Å². The fourth-order valence-electron chi connectivity index (χ4n) is 1.74. The molecular weight excluding hydrogens is 244 g/mol. The first-order valence-corrected chi connectivity index (χ1v) is 5.88. The summed E-state index contributed by atoms with van der Waals surface area (Å²) in [6.07, 6.45) is 0. The monoisotopic (exact) mass is 258 g/mol. The second-order valence-corrected chi connectivity index (χ2v) is 4.16. The first-order valence-electron chi connectivity index (χ1n) is 5.88. The molecule has 0 amide bonds. The number of nitro groups is 1. The summed E-state index contributed by atoms with van der Waals surface area (Å²) in [6, 6.07) is 13.5. The van der Waals surface area contributed by atoms with Gasteiger partial charge in [-0.25, -0.2) is 0 Å². The van der Waals surface area contributed by atoms with Crippen LogP contribution in [0, 0.1) is 10.1 Å². The number of para-hydroxylation sites is 1. The van der Waals surface area contributed by atoms with Gasteiger partial charge in [0.2, 0.25) is 0 Å². The van der Waals surface area contributed by atoms with Gasteiger partial charge in [-0.15, -0.1) is 0 Å². The van der Waals surface area contributed by atoms with E-state index < -0.39 is 4.92 Å². The standard InChI is InChI=1S/C14H14N2O3/c17-14-4-2-1-3-12(14)10-15-9-11-5-7-13(8-6-11)16(18)19/h1-8,15,17H,9-10H2. The third-order valence-electron chi connectivity index (χ3n) is 2.78. The minimum Gasteiger partial charge on any atom is -0.508 e. The van der Waals surface area contributed by atoms with Crippen LogP contribution in [0.4, 0.5) is 5.69 Å². The number of nitrogens with one attached hydrogen (secondary N) is 1. The van der Waals surface area contributed by atoms with Gasteiger partial charge in [-0.1, -0.05) is 30.3 Å². The van der Waals surface area contributed by atoms with Crippen molar-refractivity contribution in [2.45, 2.75) is 13.1 Å². The Balaban J connectivity index is 1.89. The number of phenolic OH excluding ortho intramolecular Hbond substituents is 1. The van der Waals surface area contributed by atoms with Crippen molar-refractivity contribution < 1.29 is 10.0 Å². The van der Waals surface area contributed by atoms with E-state index in [1.165, 1.54) is 12.1 Å². The molecule has 0 fully saturated rings. The molecule has 5 heteroatoms. The summed E-state index contributed by atoms with van der Waals surface area (Å²) in [7, 11) is 0. The molecule has 0 aromatic heterocycles. The number of aromatic hydroxyl groups is 1. The second kappa shape index (κ2) is 5.97. The van der Waals surface area contributed by atoms with Crippen molar-refractivity contribution in [1.29, 1.82) is 0 Å². The normalized spacial score (nSPS) is 10.3.